The number of aryl methyl sites for hydroxylation is 1. The van der Waals surface area contributed by atoms with Crippen LogP contribution < -0.4 is 5.32 Å². The van der Waals surface area contributed by atoms with E-state index in [9.17, 15) is 24.5 Å². The summed E-state index contributed by atoms with van der Waals surface area (Å²) in [6, 6.07) is 14.7. The predicted octanol–water partition coefficient (Wildman–Crippen LogP) is 4.17. The molecule has 0 aliphatic heterocycles. The number of anilines is 1. The molecule has 0 bridgehead atoms. The van der Waals surface area contributed by atoms with Gasteiger partial charge in [0.2, 0.25) is 11.7 Å². The molecule has 0 atom stereocenters. The van der Waals surface area contributed by atoms with E-state index in [2.05, 4.69) is 10.3 Å². The highest BCUT2D eigenvalue weighted by atomic mass is 32.1. The van der Waals surface area contributed by atoms with E-state index in [0.29, 0.717) is 5.13 Å². The molecular weight excluding hydrogens is 434 g/mol. The van der Waals surface area contributed by atoms with Crippen molar-refractivity contribution in [2.45, 2.75) is 19.8 Å². The molecule has 0 unspecified atom stereocenters. The van der Waals surface area contributed by atoms with E-state index in [1.54, 1.807) is 0 Å². The number of aromatic nitrogens is 1. The van der Waals surface area contributed by atoms with Crippen molar-refractivity contribution in [2.75, 3.05) is 11.9 Å². The van der Waals surface area contributed by atoms with Gasteiger partial charge in [0.05, 0.1) is 17.0 Å². The summed E-state index contributed by atoms with van der Waals surface area (Å²) in [7, 11) is 0. The van der Waals surface area contributed by atoms with Crippen LogP contribution in [0.2, 0.25) is 0 Å². The Morgan fingerprint density at radius 3 is 2.56 bits per heavy atom. The zero-order valence-electron chi connectivity index (χ0n) is 17.1. The Kier molecular flexibility index (Phi) is 7.40. The van der Waals surface area contributed by atoms with Gasteiger partial charge in [0.15, 0.2) is 11.7 Å². The average Bonchev–Trinajstić information content (AvgIpc) is 3.16. The van der Waals surface area contributed by atoms with Crippen molar-refractivity contribution in [3.05, 3.63) is 75.2 Å². The zero-order valence-corrected chi connectivity index (χ0v) is 17.9. The van der Waals surface area contributed by atoms with Gasteiger partial charge in [0.25, 0.3) is 5.69 Å². The molecule has 3 aromatic rings. The standard InChI is InChI=1S/C22H19N3O6S/c1-14-21(15-6-3-2-4-7-15)24-22(32-14)23-19(27)10-11-20(28)31-13-18(26)16-8-5-9-17(12-16)25(29)30/h2-9,12H,10-11,13H2,1H3,(H,23,24,27). The number of carbonyl (C=O) groups excluding carboxylic acids is 3. The summed E-state index contributed by atoms with van der Waals surface area (Å²) in [5, 5.41) is 13.9. The van der Waals surface area contributed by atoms with E-state index in [-0.39, 0.29) is 24.1 Å². The number of nitrogens with zero attached hydrogens (tertiary/aromatic N) is 2. The summed E-state index contributed by atoms with van der Waals surface area (Å²) >= 11 is 1.33. The maximum Gasteiger partial charge on any atom is 0.306 e. The van der Waals surface area contributed by atoms with Crippen molar-refractivity contribution in [3.8, 4) is 11.3 Å². The summed E-state index contributed by atoms with van der Waals surface area (Å²) < 4.78 is 4.89. The number of ether oxygens (including phenoxy) is 1. The molecule has 164 valence electrons. The van der Waals surface area contributed by atoms with Gasteiger partial charge in [0.1, 0.15) is 0 Å². The molecule has 1 aromatic heterocycles. The molecule has 3 rings (SSSR count). The third kappa shape index (κ3) is 6.05. The van der Waals surface area contributed by atoms with Gasteiger partial charge in [-0.3, -0.25) is 24.5 Å². The van der Waals surface area contributed by atoms with Gasteiger partial charge >= 0.3 is 5.97 Å². The number of amides is 1. The minimum atomic E-state index is -0.723. The first kappa shape index (κ1) is 22.8. The molecule has 0 saturated heterocycles. The van der Waals surface area contributed by atoms with E-state index in [1.807, 2.05) is 37.3 Å². The number of nitro benzene ring substituents is 1. The van der Waals surface area contributed by atoms with Crippen molar-refractivity contribution in [3.63, 3.8) is 0 Å². The molecule has 9 nitrogen and oxygen atoms in total. The monoisotopic (exact) mass is 453 g/mol. The van der Waals surface area contributed by atoms with Crippen LogP contribution in [0.1, 0.15) is 28.1 Å². The van der Waals surface area contributed by atoms with Crippen molar-refractivity contribution >= 4 is 39.8 Å². The molecule has 0 aliphatic carbocycles. The molecule has 10 heteroatoms. The van der Waals surface area contributed by atoms with Crippen LogP contribution in [-0.4, -0.2) is 34.2 Å². The molecular formula is C22H19N3O6S. The van der Waals surface area contributed by atoms with Gasteiger partial charge in [0, 0.05) is 34.6 Å². The quantitative estimate of drug-likeness (QED) is 0.223. The number of rotatable bonds is 9. The maximum absolute atomic E-state index is 12.2. The Balaban J connectivity index is 1.46. The third-order valence-corrected chi connectivity index (χ3v) is 5.28. The van der Waals surface area contributed by atoms with Crippen molar-refractivity contribution in [1.82, 2.24) is 4.98 Å². The van der Waals surface area contributed by atoms with Crippen LogP contribution in [0.3, 0.4) is 0 Å². The van der Waals surface area contributed by atoms with E-state index in [0.717, 1.165) is 22.2 Å². The summed E-state index contributed by atoms with van der Waals surface area (Å²) in [6.45, 7) is 1.35. The number of carbonyl (C=O) groups is 3. The molecule has 1 N–H and O–H groups in total. The first-order valence-electron chi connectivity index (χ1n) is 9.59. The molecule has 0 fully saturated rings. The number of esters is 1. The minimum Gasteiger partial charge on any atom is -0.457 e. The number of nitro groups is 1. The topological polar surface area (TPSA) is 128 Å². The Morgan fingerprint density at radius 1 is 1.09 bits per heavy atom. The van der Waals surface area contributed by atoms with Gasteiger partial charge in [-0.15, -0.1) is 11.3 Å². The highest BCUT2D eigenvalue weighted by Gasteiger charge is 2.16. The van der Waals surface area contributed by atoms with Crippen molar-refractivity contribution in [2.24, 2.45) is 0 Å². The number of ketones is 1. The number of nitrogens with one attached hydrogen (secondary N) is 1. The van der Waals surface area contributed by atoms with Crippen LogP contribution in [0, 0.1) is 17.0 Å². The lowest BCUT2D eigenvalue weighted by molar-refractivity contribution is -0.384. The zero-order chi connectivity index (χ0) is 23.1. The SMILES string of the molecule is Cc1sc(NC(=O)CCC(=O)OCC(=O)c2cccc([N+](=O)[O-])c2)nc1-c1ccccc1. The van der Waals surface area contributed by atoms with E-state index >= 15 is 0 Å². The first-order chi connectivity index (χ1) is 15.3. The Morgan fingerprint density at radius 2 is 1.84 bits per heavy atom. The van der Waals surface area contributed by atoms with Gasteiger partial charge in [-0.1, -0.05) is 42.5 Å². The van der Waals surface area contributed by atoms with Gasteiger partial charge in [-0.2, -0.15) is 0 Å². The lowest BCUT2D eigenvalue weighted by Crippen LogP contribution is -2.17. The van der Waals surface area contributed by atoms with Crippen LogP contribution >= 0.6 is 11.3 Å². The number of hydrogen-bond acceptors (Lipinski definition) is 8. The fourth-order valence-corrected chi connectivity index (χ4v) is 3.66. The van der Waals surface area contributed by atoms with Gasteiger partial charge in [-0.05, 0) is 6.92 Å². The molecule has 1 amide bonds. The van der Waals surface area contributed by atoms with Crippen LogP contribution in [0.5, 0.6) is 0 Å². The highest BCUT2D eigenvalue weighted by molar-refractivity contribution is 7.16. The third-order valence-electron chi connectivity index (χ3n) is 4.39. The van der Waals surface area contributed by atoms with Crippen molar-refractivity contribution < 1.29 is 24.0 Å². The lowest BCUT2D eigenvalue weighted by Gasteiger charge is -2.05. The number of benzene rings is 2. The Hall–Kier alpha value is -3.92. The molecule has 2 aromatic carbocycles. The average molecular weight is 453 g/mol. The summed E-state index contributed by atoms with van der Waals surface area (Å²) in [5.41, 5.74) is 1.56. The lowest BCUT2D eigenvalue weighted by atomic mass is 10.1. The minimum absolute atomic E-state index is 0.0677. The van der Waals surface area contributed by atoms with Crippen LogP contribution in [0.15, 0.2) is 54.6 Å². The smallest absolute Gasteiger partial charge is 0.306 e. The second-order valence-electron chi connectivity index (χ2n) is 6.73. The number of Topliss-reactive ketones (excluding diaryl/α,β-unsaturated/α-hetero) is 1. The number of hydrogen-bond donors (Lipinski definition) is 1. The molecule has 1 heterocycles. The fraction of sp³-hybridized carbons (Fsp3) is 0.182. The molecule has 0 aliphatic rings. The molecule has 0 radical (unpaired) electrons. The van der Waals surface area contributed by atoms with Crippen molar-refractivity contribution in [1.29, 1.82) is 0 Å². The van der Waals surface area contributed by atoms with Gasteiger partial charge < -0.3 is 10.1 Å². The second kappa shape index (κ2) is 10.4. The highest BCUT2D eigenvalue weighted by Crippen LogP contribution is 2.30. The largest absolute Gasteiger partial charge is 0.457 e. The Labute approximate surface area is 187 Å². The van der Waals surface area contributed by atoms with Gasteiger partial charge in [-0.25, -0.2) is 4.98 Å². The number of non-ortho nitro benzene ring substituents is 1. The predicted molar refractivity (Wildman–Crippen MR) is 119 cm³/mol. The van der Waals surface area contributed by atoms with Crippen LogP contribution in [-0.2, 0) is 14.3 Å². The first-order valence-corrected chi connectivity index (χ1v) is 10.4. The molecule has 0 spiro atoms. The number of thiazole rings is 1. The molecule has 32 heavy (non-hydrogen) atoms. The van der Waals surface area contributed by atoms with E-state index in [1.165, 1.54) is 29.5 Å². The molecule has 0 saturated carbocycles. The van der Waals surface area contributed by atoms with Crippen LogP contribution in [0.25, 0.3) is 11.3 Å². The summed E-state index contributed by atoms with van der Waals surface area (Å²) in [5.74, 6) is -1.70. The van der Waals surface area contributed by atoms with E-state index < -0.39 is 29.2 Å². The maximum atomic E-state index is 12.2. The van der Waals surface area contributed by atoms with Crippen LogP contribution in [0.4, 0.5) is 10.8 Å². The summed E-state index contributed by atoms with van der Waals surface area (Å²) in [4.78, 5) is 51.7. The normalized spacial score (nSPS) is 10.4. The Bertz CT molecular complexity index is 1160. The summed E-state index contributed by atoms with van der Waals surface area (Å²) in [6.07, 6.45) is -0.354. The fourth-order valence-electron chi connectivity index (χ4n) is 2.81. The van der Waals surface area contributed by atoms with E-state index in [4.69, 9.17) is 4.74 Å². The second-order valence-corrected chi connectivity index (χ2v) is 7.93.